The van der Waals surface area contributed by atoms with Crippen LogP contribution >= 0.6 is 0 Å². The molecule has 0 saturated carbocycles. The second-order valence-electron chi connectivity index (χ2n) is 6.16. The van der Waals surface area contributed by atoms with Gasteiger partial charge in [0.15, 0.2) is 0 Å². The van der Waals surface area contributed by atoms with Crippen LogP contribution in [0.5, 0.6) is 11.5 Å². The van der Waals surface area contributed by atoms with Crippen LogP contribution in [0.15, 0.2) is 24.3 Å². The van der Waals surface area contributed by atoms with Gasteiger partial charge < -0.3 is 24.4 Å². The minimum atomic E-state index is -0.270. The van der Waals surface area contributed by atoms with E-state index in [0.29, 0.717) is 39.1 Å². The largest absolute Gasteiger partial charge is 0.497 e. The number of nitrogens with one attached hydrogen (secondary N) is 1. The number of nitrogens with zero attached hydrogens (tertiary/aromatic N) is 1. The fourth-order valence-corrected chi connectivity index (χ4v) is 2.82. The van der Waals surface area contributed by atoms with Crippen molar-refractivity contribution >= 4 is 12.0 Å². The molecule has 7 nitrogen and oxygen atoms in total. The Bertz CT molecular complexity index is 568. The van der Waals surface area contributed by atoms with Crippen molar-refractivity contribution in [1.29, 1.82) is 0 Å². The number of amides is 2. The molecule has 144 valence electrons. The van der Waals surface area contributed by atoms with Gasteiger partial charge in [-0.15, -0.1) is 0 Å². The summed E-state index contributed by atoms with van der Waals surface area (Å²) in [6, 6.07) is 7.48. The number of rotatable bonds is 8. The maximum atomic E-state index is 12.0. The van der Waals surface area contributed by atoms with Gasteiger partial charge in [-0.2, -0.15) is 0 Å². The van der Waals surface area contributed by atoms with Crippen molar-refractivity contribution in [3.63, 3.8) is 0 Å². The van der Waals surface area contributed by atoms with Crippen LogP contribution in [0, 0.1) is 0 Å². The summed E-state index contributed by atoms with van der Waals surface area (Å²) in [5, 5.41) is 3.03. The van der Waals surface area contributed by atoms with Crippen molar-refractivity contribution in [2.75, 3.05) is 33.4 Å². The molecule has 1 N–H and O–H groups in total. The first-order chi connectivity index (χ1) is 12.6. The van der Waals surface area contributed by atoms with E-state index in [9.17, 15) is 9.59 Å². The molecule has 1 aromatic carbocycles. The Hall–Kier alpha value is -2.44. The molecule has 1 fully saturated rings. The molecule has 2 amide bonds. The van der Waals surface area contributed by atoms with E-state index < -0.39 is 0 Å². The van der Waals surface area contributed by atoms with Gasteiger partial charge in [0.1, 0.15) is 11.5 Å². The second kappa shape index (κ2) is 10.5. The first-order valence-electron chi connectivity index (χ1n) is 9.10. The number of ether oxygens (including phenoxy) is 3. The van der Waals surface area contributed by atoms with E-state index in [1.807, 2.05) is 24.3 Å². The summed E-state index contributed by atoms with van der Waals surface area (Å²) >= 11 is 0. The van der Waals surface area contributed by atoms with Crippen LogP contribution < -0.4 is 14.8 Å². The summed E-state index contributed by atoms with van der Waals surface area (Å²) in [6.07, 6.45) is 2.32. The Balaban J connectivity index is 1.58. The molecule has 0 spiro atoms. The average molecular weight is 364 g/mol. The summed E-state index contributed by atoms with van der Waals surface area (Å²) in [4.78, 5) is 25.4. The lowest BCUT2D eigenvalue weighted by molar-refractivity contribution is -0.122. The first-order valence-corrected chi connectivity index (χ1v) is 9.10. The smallest absolute Gasteiger partial charge is 0.409 e. The Labute approximate surface area is 154 Å². The predicted molar refractivity (Wildman–Crippen MR) is 97.5 cm³/mol. The second-order valence-corrected chi connectivity index (χ2v) is 6.16. The lowest BCUT2D eigenvalue weighted by Gasteiger charge is -2.31. The molecule has 0 radical (unpaired) electrons. The number of hydrogen-bond acceptors (Lipinski definition) is 5. The first kappa shape index (κ1) is 19.9. The fourth-order valence-electron chi connectivity index (χ4n) is 2.82. The van der Waals surface area contributed by atoms with Crippen LogP contribution in [0.3, 0.4) is 0 Å². The molecule has 1 heterocycles. The molecule has 0 aromatic heterocycles. The average Bonchev–Trinajstić information content (AvgIpc) is 2.66. The van der Waals surface area contributed by atoms with Crippen molar-refractivity contribution in [3.05, 3.63) is 24.3 Å². The molecule has 1 saturated heterocycles. The number of carbonyl (C=O) groups excluding carboxylic acids is 2. The number of carbonyl (C=O) groups is 2. The van der Waals surface area contributed by atoms with Gasteiger partial charge in [0.05, 0.1) is 20.3 Å². The molecule has 2 rings (SSSR count). The fraction of sp³-hybridized carbons (Fsp3) is 0.579. The third kappa shape index (κ3) is 6.46. The molecule has 1 aromatic rings. The molecule has 0 aliphatic carbocycles. The minimum Gasteiger partial charge on any atom is -0.497 e. The van der Waals surface area contributed by atoms with Crippen molar-refractivity contribution in [2.24, 2.45) is 0 Å². The summed E-state index contributed by atoms with van der Waals surface area (Å²) in [5.41, 5.74) is 0. The van der Waals surface area contributed by atoms with E-state index in [0.717, 1.165) is 24.3 Å². The lowest BCUT2D eigenvalue weighted by Crippen LogP contribution is -2.46. The van der Waals surface area contributed by atoms with E-state index in [-0.39, 0.29) is 18.0 Å². The van der Waals surface area contributed by atoms with Crippen molar-refractivity contribution in [2.45, 2.75) is 38.6 Å². The van der Waals surface area contributed by atoms with Crippen LogP contribution in [0.2, 0.25) is 0 Å². The third-order valence-electron chi connectivity index (χ3n) is 4.26. The number of piperidine rings is 1. The van der Waals surface area contributed by atoms with Crippen molar-refractivity contribution in [3.8, 4) is 11.5 Å². The number of benzene rings is 1. The lowest BCUT2D eigenvalue weighted by atomic mass is 10.1. The highest BCUT2D eigenvalue weighted by atomic mass is 16.6. The van der Waals surface area contributed by atoms with Crippen LogP contribution in [0.4, 0.5) is 4.79 Å². The molecule has 0 atom stereocenters. The molecule has 0 bridgehead atoms. The minimum absolute atomic E-state index is 0.0258. The number of methoxy groups -OCH3 is 1. The molecule has 26 heavy (non-hydrogen) atoms. The van der Waals surface area contributed by atoms with E-state index >= 15 is 0 Å². The Kier molecular flexibility index (Phi) is 8.05. The Morgan fingerprint density at radius 1 is 1.15 bits per heavy atom. The van der Waals surface area contributed by atoms with Gasteiger partial charge in [0.2, 0.25) is 5.91 Å². The Morgan fingerprint density at radius 3 is 2.42 bits per heavy atom. The molecular weight excluding hydrogens is 336 g/mol. The van der Waals surface area contributed by atoms with E-state index in [2.05, 4.69) is 5.32 Å². The maximum absolute atomic E-state index is 12.0. The molecule has 1 aliphatic rings. The number of likely N-dealkylation sites (tertiary alicyclic amines) is 1. The van der Waals surface area contributed by atoms with Crippen LogP contribution in [0.25, 0.3) is 0 Å². The predicted octanol–water partition coefficient (Wildman–Crippen LogP) is 2.59. The van der Waals surface area contributed by atoms with E-state index in [1.54, 1.807) is 18.9 Å². The quantitative estimate of drug-likeness (QED) is 0.718. The summed E-state index contributed by atoms with van der Waals surface area (Å²) in [6.45, 7) is 3.90. The number of hydrogen-bond donors (Lipinski definition) is 1. The summed E-state index contributed by atoms with van der Waals surface area (Å²) in [7, 11) is 1.62. The van der Waals surface area contributed by atoms with Gasteiger partial charge in [-0.3, -0.25) is 4.79 Å². The molecule has 1 aliphatic heterocycles. The van der Waals surface area contributed by atoms with Gasteiger partial charge in [0.25, 0.3) is 0 Å². The van der Waals surface area contributed by atoms with Gasteiger partial charge >= 0.3 is 6.09 Å². The highest BCUT2D eigenvalue weighted by Gasteiger charge is 2.24. The zero-order valence-electron chi connectivity index (χ0n) is 15.5. The Morgan fingerprint density at radius 2 is 1.81 bits per heavy atom. The van der Waals surface area contributed by atoms with E-state index in [1.165, 1.54) is 0 Å². The SMILES string of the molecule is CCOC(=O)N1CCC(NC(=O)CCCOc2ccc(OC)cc2)CC1. The van der Waals surface area contributed by atoms with Gasteiger partial charge in [0, 0.05) is 25.6 Å². The van der Waals surface area contributed by atoms with Gasteiger partial charge in [-0.05, 0) is 50.5 Å². The third-order valence-corrected chi connectivity index (χ3v) is 4.26. The van der Waals surface area contributed by atoms with Crippen molar-refractivity contribution in [1.82, 2.24) is 10.2 Å². The summed E-state index contributed by atoms with van der Waals surface area (Å²) in [5.74, 6) is 1.57. The standard InChI is InChI=1S/C19H28N2O5/c1-3-25-19(23)21-12-10-15(11-13-21)20-18(22)5-4-14-26-17-8-6-16(24-2)7-9-17/h6-9,15H,3-5,10-14H2,1-2H3,(H,20,22). The highest BCUT2D eigenvalue weighted by molar-refractivity contribution is 5.76. The normalized spacial score (nSPS) is 14.6. The van der Waals surface area contributed by atoms with Crippen LogP contribution in [-0.4, -0.2) is 56.4 Å². The van der Waals surface area contributed by atoms with Crippen molar-refractivity contribution < 1.29 is 23.8 Å². The monoisotopic (exact) mass is 364 g/mol. The van der Waals surface area contributed by atoms with Gasteiger partial charge in [-0.1, -0.05) is 0 Å². The molecule has 7 heteroatoms. The molecular formula is C19H28N2O5. The highest BCUT2D eigenvalue weighted by Crippen LogP contribution is 2.17. The topological polar surface area (TPSA) is 77.1 Å². The zero-order valence-corrected chi connectivity index (χ0v) is 15.5. The van der Waals surface area contributed by atoms with Crippen LogP contribution in [0.1, 0.15) is 32.6 Å². The zero-order chi connectivity index (χ0) is 18.8. The van der Waals surface area contributed by atoms with Crippen LogP contribution in [-0.2, 0) is 9.53 Å². The maximum Gasteiger partial charge on any atom is 0.409 e. The molecule has 0 unspecified atom stereocenters. The van der Waals surface area contributed by atoms with Gasteiger partial charge in [-0.25, -0.2) is 4.79 Å². The van der Waals surface area contributed by atoms with E-state index in [4.69, 9.17) is 14.2 Å². The summed E-state index contributed by atoms with van der Waals surface area (Å²) < 4.78 is 15.7.